The van der Waals surface area contributed by atoms with Crippen molar-refractivity contribution in [2.24, 2.45) is 0 Å². The Hall–Kier alpha value is -2.69. The fourth-order valence-electron chi connectivity index (χ4n) is 3.46. The van der Waals surface area contributed by atoms with E-state index in [1.807, 2.05) is 6.07 Å². The fourth-order valence-corrected chi connectivity index (χ4v) is 3.46. The van der Waals surface area contributed by atoms with Gasteiger partial charge in [-0.15, -0.1) is 0 Å². The molecule has 0 spiro atoms. The van der Waals surface area contributed by atoms with Crippen molar-refractivity contribution in [3.63, 3.8) is 0 Å². The molecule has 0 unspecified atom stereocenters. The predicted octanol–water partition coefficient (Wildman–Crippen LogP) is 5.47. The van der Waals surface area contributed by atoms with Gasteiger partial charge < -0.3 is 9.72 Å². The molecule has 1 N–H and O–H groups in total. The van der Waals surface area contributed by atoms with Crippen LogP contribution in [-0.4, -0.2) is 17.1 Å². The number of benzene rings is 1. The average molecular weight is 340 g/mol. The molecule has 5 heteroatoms. The number of ether oxygens (including phenoxy) is 1. The van der Waals surface area contributed by atoms with E-state index in [0.29, 0.717) is 27.9 Å². The number of pyridine rings is 1. The van der Waals surface area contributed by atoms with E-state index in [2.05, 4.69) is 16.0 Å². The number of H-pyrrole nitrogens is 1. The van der Waals surface area contributed by atoms with Crippen molar-refractivity contribution < 1.29 is 13.5 Å². The van der Waals surface area contributed by atoms with Crippen molar-refractivity contribution in [1.82, 2.24) is 9.97 Å². The van der Waals surface area contributed by atoms with Gasteiger partial charge in [-0.3, -0.25) is 0 Å². The van der Waals surface area contributed by atoms with Gasteiger partial charge in [0.2, 0.25) is 0 Å². The molecule has 2 aromatic heterocycles. The van der Waals surface area contributed by atoms with Crippen LogP contribution in [0.2, 0.25) is 0 Å². The fraction of sp³-hybridized carbons (Fsp3) is 0.250. The van der Waals surface area contributed by atoms with Gasteiger partial charge in [0.15, 0.2) is 0 Å². The Balaban J connectivity index is 1.95. The summed E-state index contributed by atoms with van der Waals surface area (Å²) in [4.78, 5) is 7.44. The molecule has 0 amide bonds. The second kappa shape index (κ2) is 6.31. The molecule has 25 heavy (non-hydrogen) atoms. The van der Waals surface area contributed by atoms with Crippen LogP contribution in [0.1, 0.15) is 31.4 Å². The van der Waals surface area contributed by atoms with Gasteiger partial charge >= 0.3 is 0 Å². The first-order valence-corrected chi connectivity index (χ1v) is 8.38. The Kier molecular flexibility index (Phi) is 3.99. The Labute approximate surface area is 144 Å². The quantitative estimate of drug-likeness (QED) is 0.686. The highest BCUT2D eigenvalue weighted by molar-refractivity contribution is 5.97. The van der Waals surface area contributed by atoms with Crippen molar-refractivity contribution in [2.75, 3.05) is 7.11 Å². The summed E-state index contributed by atoms with van der Waals surface area (Å²) in [6, 6.07) is 6.01. The summed E-state index contributed by atoms with van der Waals surface area (Å²) in [5.41, 5.74) is 3.45. The van der Waals surface area contributed by atoms with Crippen LogP contribution in [-0.2, 0) is 0 Å². The molecule has 0 atom stereocenters. The number of hydrogen-bond donors (Lipinski definition) is 1. The molecule has 0 bridgehead atoms. The first-order valence-electron chi connectivity index (χ1n) is 8.38. The smallest absolute Gasteiger partial charge is 0.150 e. The molecule has 1 aliphatic rings. The van der Waals surface area contributed by atoms with Crippen LogP contribution < -0.4 is 4.74 Å². The van der Waals surface area contributed by atoms with Crippen LogP contribution >= 0.6 is 0 Å². The number of rotatable bonds is 3. The summed E-state index contributed by atoms with van der Waals surface area (Å²) in [5, 5.41) is 0.630. The Bertz CT molecular complexity index is 975. The van der Waals surface area contributed by atoms with Gasteiger partial charge in [0.05, 0.1) is 13.3 Å². The van der Waals surface area contributed by atoms with Gasteiger partial charge in [-0.05, 0) is 55.5 Å². The van der Waals surface area contributed by atoms with E-state index < -0.39 is 11.6 Å². The third-order valence-electron chi connectivity index (χ3n) is 4.68. The maximum Gasteiger partial charge on any atom is 0.150 e. The van der Waals surface area contributed by atoms with E-state index in [4.69, 9.17) is 4.74 Å². The van der Waals surface area contributed by atoms with E-state index in [1.54, 1.807) is 0 Å². The average Bonchev–Trinajstić information content (AvgIpc) is 3.06. The van der Waals surface area contributed by atoms with Crippen LogP contribution in [0.5, 0.6) is 5.75 Å². The molecule has 4 rings (SSSR count). The van der Waals surface area contributed by atoms with Gasteiger partial charge in [0, 0.05) is 22.2 Å². The number of aromatic amines is 1. The second-order valence-electron chi connectivity index (χ2n) is 6.25. The maximum atomic E-state index is 14.6. The highest BCUT2D eigenvalue weighted by Crippen LogP contribution is 2.38. The number of halogens is 2. The number of methoxy groups -OCH3 is 1. The zero-order valence-corrected chi connectivity index (χ0v) is 13.9. The van der Waals surface area contributed by atoms with Crippen LogP contribution in [0.4, 0.5) is 8.78 Å². The number of nitrogens with zero attached hydrogens (tertiary/aromatic N) is 1. The van der Waals surface area contributed by atoms with Crippen LogP contribution in [0.15, 0.2) is 36.5 Å². The molecule has 1 aromatic carbocycles. The van der Waals surface area contributed by atoms with Crippen LogP contribution in [0.3, 0.4) is 0 Å². The summed E-state index contributed by atoms with van der Waals surface area (Å²) < 4.78 is 33.7. The first kappa shape index (κ1) is 15.8. The minimum Gasteiger partial charge on any atom is -0.496 e. The summed E-state index contributed by atoms with van der Waals surface area (Å²) in [7, 11) is 1.49. The zero-order valence-electron chi connectivity index (χ0n) is 13.9. The number of allylic oxidation sites excluding steroid dienone is 2. The standard InChI is InChI=1S/C20H18F2N2O/c1-25-18-8-7-13(21)9-14(18)19-15-10-17(12-5-3-2-4-6-12)24-20(15)23-11-16(19)22/h5,7-11H,2-4,6H2,1H3,(H,23,24). The van der Waals surface area contributed by atoms with Gasteiger partial charge in [-0.1, -0.05) is 6.08 Å². The van der Waals surface area contributed by atoms with Crippen LogP contribution in [0.25, 0.3) is 27.7 Å². The molecule has 1 aliphatic carbocycles. The van der Waals surface area contributed by atoms with Crippen molar-refractivity contribution in [3.05, 3.63) is 53.9 Å². The molecule has 0 saturated carbocycles. The summed E-state index contributed by atoms with van der Waals surface area (Å²) >= 11 is 0. The molecular weight excluding hydrogens is 322 g/mol. The number of aromatic nitrogens is 2. The number of fused-ring (bicyclic) bond motifs is 1. The molecule has 0 fully saturated rings. The SMILES string of the molecule is COc1ccc(F)cc1-c1c(F)cnc2[nH]c(C3=CCCCC3)cc12. The molecule has 3 nitrogen and oxygen atoms in total. The lowest BCUT2D eigenvalue weighted by atomic mass is 9.96. The Morgan fingerprint density at radius 1 is 1.16 bits per heavy atom. The van der Waals surface area contributed by atoms with E-state index in [0.717, 1.165) is 31.2 Å². The summed E-state index contributed by atoms with van der Waals surface area (Å²) in [6.45, 7) is 0. The van der Waals surface area contributed by atoms with E-state index in [1.165, 1.54) is 37.3 Å². The lowest BCUT2D eigenvalue weighted by Gasteiger charge is -2.11. The topological polar surface area (TPSA) is 37.9 Å². The molecule has 2 heterocycles. The first-order chi connectivity index (χ1) is 12.2. The highest BCUT2D eigenvalue weighted by Gasteiger charge is 2.19. The summed E-state index contributed by atoms with van der Waals surface area (Å²) in [5.74, 6) is -0.516. The van der Waals surface area contributed by atoms with Crippen molar-refractivity contribution >= 4 is 16.6 Å². The monoisotopic (exact) mass is 340 g/mol. The van der Waals surface area contributed by atoms with Crippen LogP contribution in [0, 0.1) is 11.6 Å². The molecular formula is C20H18F2N2O. The Morgan fingerprint density at radius 2 is 2.04 bits per heavy atom. The lowest BCUT2D eigenvalue weighted by Crippen LogP contribution is -1.93. The minimum atomic E-state index is -0.500. The highest BCUT2D eigenvalue weighted by atomic mass is 19.1. The summed E-state index contributed by atoms with van der Waals surface area (Å²) in [6.07, 6.45) is 7.77. The zero-order chi connectivity index (χ0) is 17.4. The van der Waals surface area contributed by atoms with Crippen molar-refractivity contribution in [1.29, 1.82) is 0 Å². The number of nitrogens with one attached hydrogen (secondary N) is 1. The van der Waals surface area contributed by atoms with E-state index in [9.17, 15) is 8.78 Å². The molecule has 128 valence electrons. The third-order valence-corrected chi connectivity index (χ3v) is 4.68. The van der Waals surface area contributed by atoms with Gasteiger partial charge in [-0.2, -0.15) is 0 Å². The second-order valence-corrected chi connectivity index (χ2v) is 6.25. The normalized spacial score (nSPS) is 14.6. The largest absolute Gasteiger partial charge is 0.496 e. The third kappa shape index (κ3) is 2.80. The minimum absolute atomic E-state index is 0.306. The molecule has 0 aliphatic heterocycles. The van der Waals surface area contributed by atoms with Gasteiger partial charge in [0.25, 0.3) is 0 Å². The van der Waals surface area contributed by atoms with Crippen molar-refractivity contribution in [2.45, 2.75) is 25.7 Å². The van der Waals surface area contributed by atoms with Crippen molar-refractivity contribution in [3.8, 4) is 16.9 Å². The van der Waals surface area contributed by atoms with Gasteiger partial charge in [0.1, 0.15) is 23.0 Å². The molecule has 0 radical (unpaired) electrons. The molecule has 3 aromatic rings. The predicted molar refractivity (Wildman–Crippen MR) is 94.4 cm³/mol. The Morgan fingerprint density at radius 3 is 2.80 bits per heavy atom. The van der Waals surface area contributed by atoms with E-state index >= 15 is 0 Å². The lowest BCUT2D eigenvalue weighted by molar-refractivity contribution is 0.415. The maximum absolute atomic E-state index is 14.6. The molecule has 0 saturated heterocycles. The van der Waals surface area contributed by atoms with E-state index in [-0.39, 0.29) is 0 Å². The number of hydrogen-bond acceptors (Lipinski definition) is 2. The van der Waals surface area contributed by atoms with Gasteiger partial charge in [-0.25, -0.2) is 13.8 Å².